The van der Waals surface area contributed by atoms with Crippen molar-refractivity contribution in [2.24, 2.45) is 0 Å². The van der Waals surface area contributed by atoms with E-state index in [2.05, 4.69) is 6.92 Å². The van der Waals surface area contributed by atoms with Gasteiger partial charge < -0.3 is 9.67 Å². The van der Waals surface area contributed by atoms with Gasteiger partial charge in [0.2, 0.25) is 0 Å². The first kappa shape index (κ1) is 18.2. The van der Waals surface area contributed by atoms with Crippen LogP contribution in [0.25, 0.3) is 0 Å². The highest BCUT2D eigenvalue weighted by molar-refractivity contribution is 7.62. The second kappa shape index (κ2) is 11.1. The fourth-order valence-electron chi connectivity index (χ4n) is 2.13. The van der Waals surface area contributed by atoms with Crippen molar-refractivity contribution >= 4 is 7.14 Å². The van der Waals surface area contributed by atoms with Gasteiger partial charge in [-0.15, -0.1) is 0 Å². The van der Waals surface area contributed by atoms with Gasteiger partial charge in [-0.1, -0.05) is 71.1 Å². The molecule has 3 heteroatoms. The minimum absolute atomic E-state index is 0.577. The number of unbranched alkanes of at least 4 members (excludes halogenated alkanes) is 9. The van der Waals surface area contributed by atoms with Crippen LogP contribution in [-0.2, 0) is 4.57 Å². The van der Waals surface area contributed by atoms with Gasteiger partial charge in [0.25, 0.3) is 0 Å². The van der Waals surface area contributed by atoms with E-state index >= 15 is 0 Å². The average molecular weight is 276 g/mol. The summed E-state index contributed by atoms with van der Waals surface area (Å²) in [5.41, 5.74) is 0. The molecule has 18 heavy (non-hydrogen) atoms. The molecule has 0 aromatic heterocycles. The smallest absolute Gasteiger partial charge is 0.109 e. The molecule has 0 saturated carbocycles. The quantitative estimate of drug-likeness (QED) is 0.391. The predicted octanol–water partition coefficient (Wildman–Crippen LogP) is 5.24. The first-order valence-corrected chi connectivity index (χ1v) is 10.4. The molecule has 0 spiro atoms. The first-order chi connectivity index (χ1) is 8.48. The third-order valence-corrected chi connectivity index (χ3v) is 5.23. The minimum Gasteiger partial charge on any atom is -0.385 e. The summed E-state index contributed by atoms with van der Waals surface area (Å²) >= 11 is 0. The molecule has 2 nitrogen and oxygen atoms in total. The standard InChI is InChI=1S/C15H33O2P/c1-4-5-6-7-8-9-10-11-12-13-14-15(16)18(2,3)17/h15-16H,4-14H2,1-3H3. The van der Waals surface area contributed by atoms with E-state index in [9.17, 15) is 9.67 Å². The van der Waals surface area contributed by atoms with Crippen molar-refractivity contribution in [1.29, 1.82) is 0 Å². The van der Waals surface area contributed by atoms with Crippen molar-refractivity contribution in [3.8, 4) is 0 Å². The number of rotatable bonds is 12. The molecule has 1 N–H and O–H groups in total. The Morgan fingerprint density at radius 3 is 1.61 bits per heavy atom. The number of hydrogen-bond acceptors (Lipinski definition) is 2. The molecule has 0 aliphatic carbocycles. The first-order valence-electron chi connectivity index (χ1n) is 7.71. The van der Waals surface area contributed by atoms with Gasteiger partial charge in [0.05, 0.1) is 0 Å². The molecule has 0 rings (SSSR count). The summed E-state index contributed by atoms with van der Waals surface area (Å²) in [6, 6.07) is 0. The molecule has 1 atom stereocenters. The summed E-state index contributed by atoms with van der Waals surface area (Å²) in [7, 11) is -2.28. The number of aliphatic hydroxyl groups is 1. The summed E-state index contributed by atoms with van der Waals surface area (Å²) in [5, 5.41) is 9.65. The number of hydrogen-bond donors (Lipinski definition) is 1. The molecular weight excluding hydrogens is 243 g/mol. The van der Waals surface area contributed by atoms with Crippen LogP contribution < -0.4 is 0 Å². The maximum absolute atomic E-state index is 11.6. The lowest BCUT2D eigenvalue weighted by atomic mass is 10.1. The van der Waals surface area contributed by atoms with Crippen LogP contribution >= 0.6 is 7.14 Å². The Morgan fingerprint density at radius 1 is 0.833 bits per heavy atom. The Balaban J connectivity index is 3.19. The molecule has 0 fully saturated rings. The van der Waals surface area contributed by atoms with Crippen molar-refractivity contribution in [3.05, 3.63) is 0 Å². The van der Waals surface area contributed by atoms with Crippen LogP contribution in [0.2, 0.25) is 0 Å². The fraction of sp³-hybridized carbons (Fsp3) is 1.00. The van der Waals surface area contributed by atoms with Crippen LogP contribution in [0.4, 0.5) is 0 Å². The molecule has 0 aliphatic rings. The molecule has 0 aromatic rings. The lowest BCUT2D eigenvalue weighted by Gasteiger charge is -2.14. The highest BCUT2D eigenvalue weighted by Crippen LogP contribution is 2.43. The molecule has 0 aliphatic heterocycles. The van der Waals surface area contributed by atoms with Gasteiger partial charge in [-0.3, -0.25) is 0 Å². The van der Waals surface area contributed by atoms with Gasteiger partial charge in [-0.25, -0.2) is 0 Å². The highest BCUT2D eigenvalue weighted by Gasteiger charge is 2.18. The lowest BCUT2D eigenvalue weighted by Crippen LogP contribution is -2.05. The predicted molar refractivity (Wildman–Crippen MR) is 81.9 cm³/mol. The van der Waals surface area contributed by atoms with E-state index in [-0.39, 0.29) is 0 Å². The van der Waals surface area contributed by atoms with E-state index in [1.807, 2.05) is 0 Å². The zero-order chi connectivity index (χ0) is 13.9. The summed E-state index contributed by atoms with van der Waals surface area (Å²) in [4.78, 5) is 0. The Bertz CT molecular complexity index is 223. The SMILES string of the molecule is CCCCCCCCCCCCC(O)P(C)(C)=O. The highest BCUT2D eigenvalue weighted by atomic mass is 31.2. The van der Waals surface area contributed by atoms with Crippen molar-refractivity contribution in [2.45, 2.75) is 83.4 Å². The van der Waals surface area contributed by atoms with Crippen LogP contribution in [0.5, 0.6) is 0 Å². The van der Waals surface area contributed by atoms with Crippen molar-refractivity contribution in [1.82, 2.24) is 0 Å². The molecule has 0 bridgehead atoms. The topological polar surface area (TPSA) is 37.3 Å². The Kier molecular flexibility index (Phi) is 11.2. The molecule has 0 saturated heterocycles. The van der Waals surface area contributed by atoms with Crippen molar-refractivity contribution in [2.75, 3.05) is 13.3 Å². The average Bonchev–Trinajstić information content (AvgIpc) is 2.30. The molecule has 0 radical (unpaired) electrons. The third-order valence-electron chi connectivity index (χ3n) is 3.53. The number of aliphatic hydroxyl groups excluding tert-OH is 1. The fourth-order valence-corrected chi connectivity index (χ4v) is 2.93. The van der Waals surface area contributed by atoms with Crippen molar-refractivity contribution in [3.63, 3.8) is 0 Å². The minimum atomic E-state index is -2.28. The summed E-state index contributed by atoms with van der Waals surface area (Å²) in [6.45, 7) is 5.60. The van der Waals surface area contributed by atoms with Gasteiger partial charge in [0, 0.05) is 0 Å². The molecule has 0 heterocycles. The van der Waals surface area contributed by atoms with E-state index in [0.29, 0.717) is 6.42 Å². The van der Waals surface area contributed by atoms with Gasteiger partial charge in [0.15, 0.2) is 0 Å². The normalized spacial score (nSPS) is 13.8. The zero-order valence-electron chi connectivity index (χ0n) is 12.7. The van der Waals surface area contributed by atoms with Crippen LogP contribution in [0.15, 0.2) is 0 Å². The third kappa shape index (κ3) is 11.3. The van der Waals surface area contributed by atoms with E-state index in [0.717, 1.165) is 6.42 Å². The van der Waals surface area contributed by atoms with Crippen molar-refractivity contribution < 1.29 is 9.67 Å². The second-order valence-electron chi connectivity index (χ2n) is 5.89. The van der Waals surface area contributed by atoms with Gasteiger partial charge >= 0.3 is 0 Å². The summed E-state index contributed by atoms with van der Waals surface area (Å²) < 4.78 is 11.6. The largest absolute Gasteiger partial charge is 0.385 e. The van der Waals surface area contributed by atoms with Crippen LogP contribution in [0.1, 0.15) is 77.6 Å². The zero-order valence-corrected chi connectivity index (χ0v) is 13.6. The molecular formula is C15H33O2P. The molecule has 1 unspecified atom stereocenters. The summed E-state index contributed by atoms with van der Waals surface area (Å²) in [5.74, 6) is -0.577. The van der Waals surface area contributed by atoms with E-state index in [1.54, 1.807) is 13.3 Å². The van der Waals surface area contributed by atoms with E-state index in [4.69, 9.17) is 0 Å². The van der Waals surface area contributed by atoms with Gasteiger partial charge in [0.1, 0.15) is 13.0 Å². The Morgan fingerprint density at radius 2 is 1.22 bits per heavy atom. The lowest BCUT2D eigenvalue weighted by molar-refractivity contribution is 0.233. The maximum Gasteiger partial charge on any atom is 0.109 e. The van der Waals surface area contributed by atoms with Crippen LogP contribution in [-0.4, -0.2) is 24.3 Å². The van der Waals surface area contributed by atoms with E-state index in [1.165, 1.54) is 57.8 Å². The summed E-state index contributed by atoms with van der Waals surface area (Å²) in [6.07, 6.45) is 13.7. The molecule has 110 valence electrons. The van der Waals surface area contributed by atoms with Gasteiger partial charge in [-0.2, -0.15) is 0 Å². The Labute approximate surface area is 114 Å². The van der Waals surface area contributed by atoms with Crippen LogP contribution in [0.3, 0.4) is 0 Å². The van der Waals surface area contributed by atoms with Crippen LogP contribution in [0, 0.1) is 0 Å². The van der Waals surface area contributed by atoms with Gasteiger partial charge in [-0.05, 0) is 19.8 Å². The monoisotopic (exact) mass is 276 g/mol. The molecule has 0 amide bonds. The maximum atomic E-state index is 11.6. The second-order valence-corrected chi connectivity index (χ2v) is 9.35. The Hall–Kier alpha value is 0.190. The molecule has 0 aromatic carbocycles. The van der Waals surface area contributed by atoms with E-state index < -0.39 is 13.0 Å².